The van der Waals surface area contributed by atoms with Gasteiger partial charge in [0, 0.05) is 0 Å². The third-order valence-corrected chi connectivity index (χ3v) is 3.16. The van der Waals surface area contributed by atoms with E-state index in [0.717, 1.165) is 0 Å². The Bertz CT molecular complexity index is 538. The molecule has 2 N–H and O–H groups in total. The molecule has 1 aromatic rings. The second-order valence-electron chi connectivity index (χ2n) is 5.14. The van der Waals surface area contributed by atoms with Crippen molar-refractivity contribution in [3.63, 3.8) is 0 Å². The molecule has 1 aliphatic heterocycles. The van der Waals surface area contributed by atoms with Crippen molar-refractivity contribution >= 4 is 11.9 Å². The quantitative estimate of drug-likeness (QED) is 0.792. The van der Waals surface area contributed by atoms with Crippen LogP contribution in [0.5, 0.6) is 11.5 Å². The predicted octanol–water partition coefficient (Wildman–Crippen LogP) is 0.473. The van der Waals surface area contributed by atoms with E-state index in [2.05, 4.69) is 0 Å². The van der Waals surface area contributed by atoms with Crippen LogP contribution >= 0.6 is 0 Å². The lowest BCUT2D eigenvalue weighted by molar-refractivity contribution is -0.174. The first-order valence-electron chi connectivity index (χ1n) is 6.44. The van der Waals surface area contributed by atoms with Crippen LogP contribution in [0, 0.1) is 0 Å². The highest BCUT2D eigenvalue weighted by Crippen LogP contribution is 2.26. The summed E-state index contributed by atoms with van der Waals surface area (Å²) < 4.78 is 10.5. The van der Waals surface area contributed by atoms with Gasteiger partial charge in [0.15, 0.2) is 18.1 Å². The highest BCUT2D eigenvalue weighted by Gasteiger charge is 2.42. The van der Waals surface area contributed by atoms with Crippen molar-refractivity contribution in [1.29, 1.82) is 0 Å². The molecule has 1 fully saturated rings. The zero-order chi connectivity index (χ0) is 15.5. The van der Waals surface area contributed by atoms with Crippen LogP contribution in [0.15, 0.2) is 24.3 Å². The summed E-state index contributed by atoms with van der Waals surface area (Å²) >= 11 is 0. The van der Waals surface area contributed by atoms with Gasteiger partial charge < -0.3 is 24.6 Å². The molecular formula is C14H17NO6. The van der Waals surface area contributed by atoms with Gasteiger partial charge in [-0.25, -0.2) is 4.79 Å². The number of nitrogens with zero attached hydrogens (tertiary/aromatic N) is 1. The van der Waals surface area contributed by atoms with E-state index in [1.54, 1.807) is 25.1 Å². The Labute approximate surface area is 121 Å². The normalized spacial score (nSPS) is 16.1. The number of carboxylic acid groups (broad SMARTS) is 1. The largest absolute Gasteiger partial charge is 0.504 e. The maximum absolute atomic E-state index is 11.9. The van der Waals surface area contributed by atoms with Crippen LogP contribution in [0.1, 0.15) is 6.92 Å². The monoisotopic (exact) mass is 295 g/mol. The molecule has 0 saturated carbocycles. The molecule has 0 unspecified atom stereocenters. The number of carbonyl (C=O) groups is 2. The summed E-state index contributed by atoms with van der Waals surface area (Å²) in [5.74, 6) is -1.06. The van der Waals surface area contributed by atoms with Crippen molar-refractivity contribution in [2.24, 2.45) is 0 Å². The van der Waals surface area contributed by atoms with Crippen molar-refractivity contribution in [1.82, 2.24) is 4.90 Å². The summed E-state index contributed by atoms with van der Waals surface area (Å²) in [5.41, 5.74) is -0.622. The van der Waals surface area contributed by atoms with Gasteiger partial charge in [-0.05, 0) is 19.1 Å². The van der Waals surface area contributed by atoms with Crippen LogP contribution < -0.4 is 4.74 Å². The highest BCUT2D eigenvalue weighted by atomic mass is 16.5. The van der Waals surface area contributed by atoms with Crippen LogP contribution in [0.25, 0.3) is 0 Å². The van der Waals surface area contributed by atoms with Gasteiger partial charge in [0.1, 0.15) is 12.2 Å². The first-order valence-corrected chi connectivity index (χ1v) is 6.44. The second-order valence-corrected chi connectivity index (χ2v) is 5.14. The minimum absolute atomic E-state index is 0.0245. The molecule has 0 aromatic heterocycles. The van der Waals surface area contributed by atoms with Gasteiger partial charge in [-0.15, -0.1) is 0 Å². The van der Waals surface area contributed by atoms with Gasteiger partial charge in [-0.1, -0.05) is 12.1 Å². The number of ether oxygens (including phenoxy) is 2. The summed E-state index contributed by atoms with van der Waals surface area (Å²) in [5, 5.41) is 18.1. The van der Waals surface area contributed by atoms with Crippen molar-refractivity contribution in [3.05, 3.63) is 24.3 Å². The van der Waals surface area contributed by atoms with E-state index in [1.807, 2.05) is 0 Å². The summed E-state index contributed by atoms with van der Waals surface area (Å²) in [4.78, 5) is 23.8. The molecule has 1 aromatic carbocycles. The molecule has 1 aliphatic rings. The molecule has 1 saturated heterocycles. The SMILES string of the molecule is CC1(OCC(=O)O)CN(C(=O)COc2ccccc2O)C1. The lowest BCUT2D eigenvalue weighted by atomic mass is 9.96. The zero-order valence-electron chi connectivity index (χ0n) is 11.6. The number of phenols is 1. The Hall–Kier alpha value is -2.28. The summed E-state index contributed by atoms with van der Waals surface area (Å²) in [6.45, 7) is 1.83. The molecule has 7 heteroatoms. The predicted molar refractivity (Wildman–Crippen MR) is 72.2 cm³/mol. The molecule has 1 amide bonds. The lowest BCUT2D eigenvalue weighted by Crippen LogP contribution is -2.64. The standard InChI is InChI=1S/C14H17NO6/c1-14(21-7-13(18)19)8-15(9-14)12(17)6-20-11-5-3-2-4-10(11)16/h2-5,16H,6-9H2,1H3,(H,18,19). The number of hydrogen-bond acceptors (Lipinski definition) is 5. The van der Waals surface area contributed by atoms with Crippen molar-refractivity contribution in [3.8, 4) is 11.5 Å². The minimum Gasteiger partial charge on any atom is -0.504 e. The summed E-state index contributed by atoms with van der Waals surface area (Å²) in [6, 6.07) is 6.39. The van der Waals surface area contributed by atoms with Crippen LogP contribution in [-0.4, -0.2) is 58.9 Å². The fourth-order valence-corrected chi connectivity index (χ4v) is 2.07. The topological polar surface area (TPSA) is 96.3 Å². The molecule has 114 valence electrons. The molecule has 0 atom stereocenters. The first-order chi connectivity index (χ1) is 9.89. The van der Waals surface area contributed by atoms with Crippen LogP contribution in [0.4, 0.5) is 0 Å². The maximum atomic E-state index is 11.9. The van der Waals surface area contributed by atoms with E-state index >= 15 is 0 Å². The molecule has 0 radical (unpaired) electrons. The molecule has 0 spiro atoms. The molecule has 21 heavy (non-hydrogen) atoms. The van der Waals surface area contributed by atoms with E-state index in [0.29, 0.717) is 13.1 Å². The number of rotatable bonds is 6. The van der Waals surface area contributed by atoms with Gasteiger partial charge in [0.05, 0.1) is 13.1 Å². The first kappa shape index (κ1) is 15.1. The van der Waals surface area contributed by atoms with E-state index in [9.17, 15) is 14.7 Å². The number of aliphatic carboxylic acids is 1. The maximum Gasteiger partial charge on any atom is 0.329 e. The smallest absolute Gasteiger partial charge is 0.329 e. The average Bonchev–Trinajstić information content (AvgIpc) is 2.41. The number of para-hydroxylation sites is 2. The van der Waals surface area contributed by atoms with Crippen LogP contribution in [0.2, 0.25) is 0 Å². The van der Waals surface area contributed by atoms with E-state index in [4.69, 9.17) is 14.6 Å². The third kappa shape index (κ3) is 3.85. The fourth-order valence-electron chi connectivity index (χ4n) is 2.07. The number of benzene rings is 1. The minimum atomic E-state index is -1.04. The molecule has 2 rings (SSSR count). The molecule has 7 nitrogen and oxygen atoms in total. The molecule has 1 heterocycles. The van der Waals surface area contributed by atoms with E-state index in [-0.39, 0.29) is 30.6 Å². The zero-order valence-corrected chi connectivity index (χ0v) is 11.6. The van der Waals surface area contributed by atoms with Crippen molar-refractivity contribution in [2.75, 3.05) is 26.3 Å². The fraction of sp³-hybridized carbons (Fsp3) is 0.429. The number of amides is 1. The Balaban J connectivity index is 1.76. The number of carboxylic acids is 1. The average molecular weight is 295 g/mol. The highest BCUT2D eigenvalue weighted by molar-refractivity contribution is 5.79. The number of likely N-dealkylation sites (tertiary alicyclic amines) is 1. The number of carbonyl (C=O) groups excluding carboxylic acids is 1. The summed E-state index contributed by atoms with van der Waals surface area (Å²) in [6.07, 6.45) is 0. The van der Waals surface area contributed by atoms with E-state index in [1.165, 1.54) is 11.0 Å². The molecular weight excluding hydrogens is 278 g/mol. The van der Waals surface area contributed by atoms with Crippen LogP contribution in [-0.2, 0) is 14.3 Å². The van der Waals surface area contributed by atoms with Crippen molar-refractivity contribution < 1.29 is 29.3 Å². The molecule has 0 aliphatic carbocycles. The van der Waals surface area contributed by atoms with Gasteiger partial charge >= 0.3 is 5.97 Å². The second kappa shape index (κ2) is 6.01. The number of aromatic hydroxyl groups is 1. The van der Waals surface area contributed by atoms with Crippen LogP contribution in [0.3, 0.4) is 0 Å². The third-order valence-electron chi connectivity index (χ3n) is 3.16. The Morgan fingerprint density at radius 1 is 1.29 bits per heavy atom. The van der Waals surface area contributed by atoms with Gasteiger partial charge in [0.25, 0.3) is 5.91 Å². The number of hydrogen-bond donors (Lipinski definition) is 2. The van der Waals surface area contributed by atoms with Gasteiger partial charge in [-0.2, -0.15) is 0 Å². The number of phenolic OH excluding ortho intramolecular Hbond substituents is 1. The van der Waals surface area contributed by atoms with Crippen molar-refractivity contribution in [2.45, 2.75) is 12.5 Å². The van der Waals surface area contributed by atoms with Gasteiger partial charge in [-0.3, -0.25) is 4.79 Å². The molecule has 0 bridgehead atoms. The Kier molecular flexibility index (Phi) is 4.32. The Morgan fingerprint density at radius 3 is 2.57 bits per heavy atom. The Morgan fingerprint density at radius 2 is 1.95 bits per heavy atom. The van der Waals surface area contributed by atoms with Gasteiger partial charge in [0.2, 0.25) is 0 Å². The van der Waals surface area contributed by atoms with E-state index < -0.39 is 11.6 Å². The summed E-state index contributed by atoms with van der Waals surface area (Å²) in [7, 11) is 0. The lowest BCUT2D eigenvalue weighted by Gasteiger charge is -2.47.